The molecule has 0 aromatic heterocycles. The minimum atomic E-state index is -1.00. The maximum atomic E-state index is 8.49. The van der Waals surface area contributed by atoms with Crippen LogP contribution >= 0.6 is 0 Å². The van der Waals surface area contributed by atoms with E-state index < -0.39 is 30.4 Å². The molecule has 0 saturated carbocycles. The fourth-order valence-corrected chi connectivity index (χ4v) is 0. The first-order chi connectivity index (χ1) is 2.83. The summed E-state index contributed by atoms with van der Waals surface area (Å²) < 4.78 is 31.0. The molecule has 4 nitrogen and oxygen atoms in total. The van der Waals surface area contributed by atoms with Gasteiger partial charge in [-0.05, 0) is 0 Å². The Kier molecular flexibility index (Phi) is 62.1. The summed E-state index contributed by atoms with van der Waals surface area (Å²) in [4.78, 5) is 0. The van der Waals surface area contributed by atoms with Crippen molar-refractivity contribution in [3.63, 3.8) is 0 Å². The van der Waals surface area contributed by atoms with Crippen molar-refractivity contribution in [3.8, 4) is 0 Å². The van der Waals surface area contributed by atoms with Crippen molar-refractivity contribution < 1.29 is 63.0 Å². The summed E-state index contributed by atoms with van der Waals surface area (Å²) >= 11 is -2.00. The molecular weight excluding hydrogens is 234 g/mol. The van der Waals surface area contributed by atoms with Crippen LogP contribution in [0.1, 0.15) is 0 Å². The van der Waals surface area contributed by atoms with Gasteiger partial charge >= 0.3 is 46.5 Å². The summed E-state index contributed by atoms with van der Waals surface area (Å²) in [7, 11) is 0. The molecule has 0 fully saturated rings. The van der Waals surface area contributed by atoms with Gasteiger partial charge in [0.15, 0.2) is 0 Å². The predicted octanol–water partition coefficient (Wildman–Crippen LogP) is -1.36. The van der Waals surface area contributed by atoms with E-state index in [0.717, 1.165) is 0 Å². The molecule has 52 valence electrons. The molecule has 0 radical (unpaired) electrons. The Morgan fingerprint density at radius 1 is 1.00 bits per heavy atom. The van der Waals surface area contributed by atoms with Crippen LogP contribution < -0.4 is 0 Å². The molecule has 7 heteroatoms. The number of rotatable bonds is 0. The van der Waals surface area contributed by atoms with Gasteiger partial charge in [0.25, 0.3) is 0 Å². The first kappa shape index (κ1) is 15.7. The normalized spacial score (nSPS) is 4.86. The van der Waals surface area contributed by atoms with Gasteiger partial charge in [-0.25, -0.2) is 0 Å². The van der Waals surface area contributed by atoms with Gasteiger partial charge in [0.05, 0.1) is 0 Å². The summed E-state index contributed by atoms with van der Waals surface area (Å²) in [5, 5.41) is 0. The van der Waals surface area contributed by atoms with Gasteiger partial charge in [-0.1, -0.05) is 0 Å². The fourth-order valence-electron chi connectivity index (χ4n) is 0. The number of hydrogen-bond donors (Lipinski definition) is 2. The van der Waals surface area contributed by atoms with E-state index in [1.807, 2.05) is 0 Å². The zero-order chi connectivity index (χ0) is 5.41. The van der Waals surface area contributed by atoms with Gasteiger partial charge < -0.3 is 0 Å². The molecule has 7 heavy (non-hydrogen) atoms. The van der Waals surface area contributed by atoms with Crippen LogP contribution in [0.4, 0.5) is 0 Å². The number of hydrogen-bond acceptors (Lipinski definition) is 2. The van der Waals surface area contributed by atoms with Gasteiger partial charge in [0, 0.05) is 16.5 Å². The van der Waals surface area contributed by atoms with Gasteiger partial charge in [0.2, 0.25) is 0 Å². The molecule has 0 aliphatic rings. The zero-order valence-corrected chi connectivity index (χ0v) is 5.93. The van der Waals surface area contributed by atoms with Crippen LogP contribution in [0.2, 0.25) is 0 Å². The van der Waals surface area contributed by atoms with Crippen LogP contribution in [0, 0.1) is 0 Å². The average Bonchev–Trinajstić information content (AvgIpc) is 1.39. The molecule has 0 heterocycles. The van der Waals surface area contributed by atoms with E-state index in [9.17, 15) is 0 Å². The van der Waals surface area contributed by atoms with E-state index in [0.29, 0.717) is 0 Å². The van der Waals surface area contributed by atoms with Gasteiger partial charge in [-0.3, -0.25) is 0 Å². The monoisotopic (exact) mass is 236 g/mol. The Balaban J connectivity index is -0.0000000400. The molecule has 0 aromatic carbocycles. The second-order valence-corrected chi connectivity index (χ2v) is 0.532. The molecule has 0 aliphatic carbocycles. The third-order valence-corrected chi connectivity index (χ3v) is 0. The molecule has 0 aliphatic heterocycles. The molecule has 0 rings (SSSR count). The van der Waals surface area contributed by atoms with Crippen LogP contribution in [0.25, 0.3) is 0 Å². The van der Waals surface area contributed by atoms with Gasteiger partial charge in [-0.2, -0.15) is 0 Å². The van der Waals surface area contributed by atoms with E-state index in [4.69, 9.17) is 16.0 Å². The third-order valence-electron chi connectivity index (χ3n) is 0. The average molecular weight is 236 g/mol. The van der Waals surface area contributed by atoms with E-state index >= 15 is 0 Å². The SMILES string of the molecule is [Ni].[O]=[Fe][OH].[O]=[Fe][OH]. The zero-order valence-electron chi connectivity index (χ0n) is 2.73. The topological polar surface area (TPSA) is 74.6 Å². The second-order valence-electron chi connectivity index (χ2n) is 0.129. The van der Waals surface area contributed by atoms with Crippen LogP contribution in [0.5, 0.6) is 0 Å². The predicted molar refractivity (Wildman–Crippen MR) is 5.81 cm³/mol. The van der Waals surface area contributed by atoms with Crippen molar-refractivity contribution in [2.45, 2.75) is 0 Å². The summed E-state index contributed by atoms with van der Waals surface area (Å²) in [5.41, 5.74) is 0. The van der Waals surface area contributed by atoms with Crippen LogP contribution in [0.3, 0.4) is 0 Å². The summed E-state index contributed by atoms with van der Waals surface area (Å²) in [5.74, 6) is 0. The molecule has 0 spiro atoms. The summed E-state index contributed by atoms with van der Waals surface area (Å²) in [6.45, 7) is 0. The van der Waals surface area contributed by atoms with Gasteiger partial charge in [-0.15, -0.1) is 0 Å². The molecule has 0 unspecified atom stereocenters. The fraction of sp³-hybridized carbons (Fsp3) is 0. The van der Waals surface area contributed by atoms with Crippen LogP contribution in [-0.4, -0.2) is 8.38 Å². The van der Waals surface area contributed by atoms with Crippen molar-refractivity contribution in [1.29, 1.82) is 0 Å². The Labute approximate surface area is 63.0 Å². The minimum absolute atomic E-state index is 0. The first-order valence-corrected chi connectivity index (χ1v) is 2.49. The van der Waals surface area contributed by atoms with Crippen molar-refractivity contribution in [2.24, 2.45) is 0 Å². The van der Waals surface area contributed by atoms with Gasteiger partial charge in [0.1, 0.15) is 0 Å². The maximum absolute atomic E-state index is 8.49. The van der Waals surface area contributed by atoms with E-state index in [-0.39, 0.29) is 16.5 Å². The Bertz CT molecular complexity index is 30.7. The molecule has 0 amide bonds. The van der Waals surface area contributed by atoms with Crippen LogP contribution in [-0.2, 0) is 54.6 Å². The van der Waals surface area contributed by atoms with E-state index in [2.05, 4.69) is 0 Å². The molecule has 0 saturated heterocycles. The molecule has 0 atom stereocenters. The molecule has 0 aromatic rings. The summed E-state index contributed by atoms with van der Waals surface area (Å²) in [6, 6.07) is 0. The van der Waals surface area contributed by atoms with Crippen molar-refractivity contribution in [2.75, 3.05) is 0 Å². The first-order valence-electron chi connectivity index (χ1n) is 0.605. The Morgan fingerprint density at radius 3 is 1.00 bits per heavy atom. The quantitative estimate of drug-likeness (QED) is 0.510. The molecule has 2 N–H and O–H groups in total. The standard InChI is InChI=1S/2Fe.Ni.2H2O.2O/h;;;2*1H2;;/q2*+1;;;;;/p-2. The van der Waals surface area contributed by atoms with E-state index in [1.165, 1.54) is 0 Å². The third kappa shape index (κ3) is 163. The molecular formula is H2Fe2NiO4. The Morgan fingerprint density at radius 2 is 1.00 bits per heavy atom. The second kappa shape index (κ2) is 27.7. The van der Waals surface area contributed by atoms with Crippen molar-refractivity contribution >= 4 is 0 Å². The molecule has 0 bridgehead atoms. The van der Waals surface area contributed by atoms with Crippen molar-refractivity contribution in [1.82, 2.24) is 0 Å². The summed E-state index contributed by atoms with van der Waals surface area (Å²) in [6.07, 6.45) is 0. The Hall–Kier alpha value is 1.05. The van der Waals surface area contributed by atoms with Crippen LogP contribution in [0.15, 0.2) is 0 Å². The van der Waals surface area contributed by atoms with Crippen molar-refractivity contribution in [3.05, 3.63) is 0 Å². The van der Waals surface area contributed by atoms with E-state index in [1.54, 1.807) is 0 Å².